The molecule has 0 fully saturated rings. The smallest absolute Gasteiger partial charge is 0.213 e. The van der Waals surface area contributed by atoms with E-state index in [1.165, 1.54) is 5.56 Å². The number of rotatable bonds is 5. The van der Waals surface area contributed by atoms with Crippen molar-refractivity contribution in [2.24, 2.45) is 7.05 Å². The third-order valence-electron chi connectivity index (χ3n) is 2.73. The van der Waals surface area contributed by atoms with Gasteiger partial charge in [0.1, 0.15) is 0 Å². The molecule has 0 saturated heterocycles. The summed E-state index contributed by atoms with van der Waals surface area (Å²) in [5.41, 5.74) is 1.25. The van der Waals surface area contributed by atoms with Crippen molar-refractivity contribution in [3.05, 3.63) is 28.2 Å². The van der Waals surface area contributed by atoms with Crippen molar-refractivity contribution in [1.82, 2.24) is 25.5 Å². The van der Waals surface area contributed by atoms with Crippen LogP contribution in [0.25, 0.3) is 0 Å². The summed E-state index contributed by atoms with van der Waals surface area (Å²) in [6.07, 6.45) is 0. The maximum absolute atomic E-state index is 4.02. The molecule has 5 nitrogen and oxygen atoms in total. The first-order valence-electron chi connectivity index (χ1n) is 6.05. The van der Waals surface area contributed by atoms with Gasteiger partial charge in [-0.05, 0) is 53.4 Å². The lowest BCUT2D eigenvalue weighted by molar-refractivity contribution is 0.589. The van der Waals surface area contributed by atoms with E-state index in [9.17, 15) is 0 Å². The lowest BCUT2D eigenvalue weighted by atomic mass is 10.1. The normalized spacial score (nSPS) is 12.6. The fraction of sp³-hybridized carbons (Fsp3) is 0.417. The molecule has 0 bridgehead atoms. The standard InChI is InChI=1S/C12H16BrN5S/c1-4-14-8(2)10-6-5-9(13)7-11(10)19-12-15-16-17-18(12)3/h5-8,14H,4H2,1-3H3. The van der Waals surface area contributed by atoms with Crippen LogP contribution in [0.1, 0.15) is 25.5 Å². The van der Waals surface area contributed by atoms with Gasteiger partial charge in [0.15, 0.2) is 0 Å². The predicted molar refractivity (Wildman–Crippen MR) is 79.2 cm³/mol. The van der Waals surface area contributed by atoms with Gasteiger partial charge in [0.2, 0.25) is 5.16 Å². The van der Waals surface area contributed by atoms with E-state index in [0.29, 0.717) is 6.04 Å². The molecule has 1 unspecified atom stereocenters. The second-order valence-electron chi connectivity index (χ2n) is 4.15. The van der Waals surface area contributed by atoms with Crippen LogP contribution < -0.4 is 5.32 Å². The Balaban J connectivity index is 2.32. The minimum atomic E-state index is 0.293. The summed E-state index contributed by atoms with van der Waals surface area (Å²) in [6.45, 7) is 5.20. The van der Waals surface area contributed by atoms with Crippen molar-refractivity contribution in [2.75, 3.05) is 6.54 Å². The summed E-state index contributed by atoms with van der Waals surface area (Å²) in [7, 11) is 1.84. The monoisotopic (exact) mass is 341 g/mol. The van der Waals surface area contributed by atoms with Crippen molar-refractivity contribution in [3.8, 4) is 0 Å². The van der Waals surface area contributed by atoms with Crippen LogP contribution in [0.15, 0.2) is 32.7 Å². The second-order valence-corrected chi connectivity index (χ2v) is 6.07. The van der Waals surface area contributed by atoms with Crippen molar-refractivity contribution in [2.45, 2.75) is 29.9 Å². The molecule has 19 heavy (non-hydrogen) atoms. The Morgan fingerprint density at radius 1 is 1.47 bits per heavy atom. The Hall–Kier alpha value is -0.920. The van der Waals surface area contributed by atoms with Gasteiger partial charge in [-0.25, -0.2) is 4.68 Å². The van der Waals surface area contributed by atoms with Crippen molar-refractivity contribution in [3.63, 3.8) is 0 Å². The molecule has 1 aromatic heterocycles. The molecule has 1 atom stereocenters. The largest absolute Gasteiger partial charge is 0.310 e. The zero-order valence-electron chi connectivity index (χ0n) is 11.1. The topological polar surface area (TPSA) is 55.6 Å². The van der Waals surface area contributed by atoms with Gasteiger partial charge in [-0.1, -0.05) is 28.9 Å². The molecule has 7 heteroatoms. The van der Waals surface area contributed by atoms with Gasteiger partial charge in [0, 0.05) is 22.5 Å². The first-order chi connectivity index (χ1) is 9.11. The van der Waals surface area contributed by atoms with Gasteiger partial charge in [0.25, 0.3) is 0 Å². The molecule has 0 saturated carbocycles. The van der Waals surface area contributed by atoms with Crippen LogP contribution in [0.5, 0.6) is 0 Å². The highest BCUT2D eigenvalue weighted by Gasteiger charge is 2.14. The number of aryl methyl sites for hydroxylation is 1. The number of nitrogens with one attached hydrogen (secondary N) is 1. The lowest BCUT2D eigenvalue weighted by Gasteiger charge is -2.16. The predicted octanol–water partition coefficient (Wildman–Crippen LogP) is 2.79. The third-order valence-corrected chi connectivity index (χ3v) is 4.33. The summed E-state index contributed by atoms with van der Waals surface area (Å²) in [5, 5.41) is 15.7. The lowest BCUT2D eigenvalue weighted by Crippen LogP contribution is -2.18. The zero-order valence-corrected chi connectivity index (χ0v) is 13.5. The molecule has 1 N–H and O–H groups in total. The molecule has 0 amide bonds. The highest BCUT2D eigenvalue weighted by molar-refractivity contribution is 9.10. The molecule has 0 aliphatic carbocycles. The van der Waals surface area contributed by atoms with Crippen molar-refractivity contribution in [1.29, 1.82) is 0 Å². The molecule has 0 spiro atoms. The summed E-state index contributed by atoms with van der Waals surface area (Å²) >= 11 is 5.09. The molecule has 2 rings (SSSR count). The molecular weight excluding hydrogens is 326 g/mol. The molecule has 0 radical (unpaired) electrons. The number of benzene rings is 1. The Labute approximate surface area is 125 Å². The quantitative estimate of drug-likeness (QED) is 0.906. The highest BCUT2D eigenvalue weighted by atomic mass is 79.9. The minimum absolute atomic E-state index is 0.293. The molecule has 102 valence electrons. The van der Waals surface area contributed by atoms with Gasteiger partial charge in [-0.3, -0.25) is 0 Å². The van der Waals surface area contributed by atoms with Crippen LogP contribution in [0.3, 0.4) is 0 Å². The molecule has 2 aromatic rings. The van der Waals surface area contributed by atoms with E-state index in [1.807, 2.05) is 7.05 Å². The number of tetrazole rings is 1. The van der Waals surface area contributed by atoms with E-state index in [0.717, 1.165) is 21.1 Å². The fourth-order valence-electron chi connectivity index (χ4n) is 1.78. The number of hydrogen-bond acceptors (Lipinski definition) is 5. The third kappa shape index (κ3) is 3.55. The van der Waals surface area contributed by atoms with Gasteiger partial charge < -0.3 is 5.32 Å². The van der Waals surface area contributed by atoms with Crippen molar-refractivity contribution < 1.29 is 0 Å². The van der Waals surface area contributed by atoms with Gasteiger partial charge in [0.05, 0.1) is 0 Å². The van der Waals surface area contributed by atoms with E-state index in [4.69, 9.17) is 0 Å². The van der Waals surface area contributed by atoms with Crippen LogP contribution in [-0.2, 0) is 7.05 Å². The van der Waals surface area contributed by atoms with Crippen LogP contribution in [0, 0.1) is 0 Å². The Bertz CT molecular complexity index is 557. The van der Waals surface area contributed by atoms with Gasteiger partial charge in [-0.2, -0.15) is 0 Å². The average Bonchev–Trinajstić information content (AvgIpc) is 2.75. The average molecular weight is 342 g/mol. The van der Waals surface area contributed by atoms with E-state index in [2.05, 4.69) is 68.8 Å². The van der Waals surface area contributed by atoms with Crippen LogP contribution >= 0.6 is 27.7 Å². The van der Waals surface area contributed by atoms with E-state index >= 15 is 0 Å². The molecule has 0 aliphatic heterocycles. The number of halogens is 1. The van der Waals surface area contributed by atoms with Crippen LogP contribution in [-0.4, -0.2) is 26.8 Å². The summed E-state index contributed by atoms with van der Waals surface area (Å²) in [4.78, 5) is 1.15. The fourth-order valence-corrected chi connectivity index (χ4v) is 3.28. The number of nitrogens with zero attached hydrogens (tertiary/aromatic N) is 4. The molecule has 1 heterocycles. The first kappa shape index (κ1) is 14.5. The van der Waals surface area contributed by atoms with Crippen molar-refractivity contribution >= 4 is 27.7 Å². The Morgan fingerprint density at radius 3 is 2.89 bits per heavy atom. The SMILES string of the molecule is CCNC(C)c1ccc(Br)cc1Sc1nnnn1C. The van der Waals surface area contributed by atoms with Crippen LogP contribution in [0.4, 0.5) is 0 Å². The maximum Gasteiger partial charge on any atom is 0.213 e. The number of hydrogen-bond donors (Lipinski definition) is 1. The molecule has 1 aromatic carbocycles. The Kier molecular flexibility index (Phi) is 4.95. The summed E-state index contributed by atoms with van der Waals surface area (Å²) < 4.78 is 2.73. The van der Waals surface area contributed by atoms with Gasteiger partial charge >= 0.3 is 0 Å². The van der Waals surface area contributed by atoms with Crippen LogP contribution in [0.2, 0.25) is 0 Å². The van der Waals surface area contributed by atoms with E-state index in [1.54, 1.807) is 16.4 Å². The Morgan fingerprint density at radius 2 is 2.26 bits per heavy atom. The summed E-state index contributed by atoms with van der Waals surface area (Å²) in [6, 6.07) is 6.58. The van der Waals surface area contributed by atoms with Gasteiger partial charge in [-0.15, -0.1) is 5.10 Å². The second kappa shape index (κ2) is 6.49. The minimum Gasteiger partial charge on any atom is -0.310 e. The molecule has 0 aliphatic rings. The first-order valence-corrected chi connectivity index (χ1v) is 7.65. The molecular formula is C12H16BrN5S. The number of aromatic nitrogens is 4. The van der Waals surface area contributed by atoms with E-state index in [-0.39, 0.29) is 0 Å². The highest BCUT2D eigenvalue weighted by Crippen LogP contribution is 2.33. The maximum atomic E-state index is 4.02. The zero-order chi connectivity index (χ0) is 13.8. The van der Waals surface area contributed by atoms with E-state index < -0.39 is 0 Å². The summed E-state index contributed by atoms with van der Waals surface area (Å²) in [5.74, 6) is 0.